The van der Waals surface area contributed by atoms with Crippen molar-refractivity contribution in [2.75, 3.05) is 7.11 Å². The average Bonchev–Trinajstić information content (AvgIpc) is 1.50. The van der Waals surface area contributed by atoms with Crippen molar-refractivity contribution >= 4 is 55.5 Å². The summed E-state index contributed by atoms with van der Waals surface area (Å²) in [5, 5.41) is 2.05. The third kappa shape index (κ3) is 19.0. The molecule has 1 aliphatic rings. The number of rotatable bonds is 19. The molecule has 0 aliphatic carbocycles. The maximum absolute atomic E-state index is 7.37. The SMILES string of the molecule is COc1cc(-c2cc(C)cc(C)c2OP(Oc2ccccc2)Oc2ccccc2)c(OP2Cc3c(C)cc(C)cc3-c3cc(C)cc(C)c3O2)c(C(C)(C)C)c1.Cc1cc(C)c(OP(Cc2ccccc2)Oc2ccccc2)c(-c2cc(C)cc(C)c2Op2oc3c(C(C)(C)C)cc(C)cc3c3cc(C)cc(C(C)(C)C)c3o2)c1. The molecular formula is C99H106O11P4. The van der Waals surface area contributed by atoms with E-state index < -0.39 is 33.6 Å². The van der Waals surface area contributed by atoms with Crippen molar-refractivity contribution < 1.29 is 49.3 Å². The molecular weight excluding hydrogens is 1490 g/mol. The average molecular weight is 1600 g/mol. The zero-order valence-electron chi connectivity index (χ0n) is 70.0. The second-order valence-corrected chi connectivity index (χ2v) is 38.1. The molecule has 1 aromatic heterocycles. The van der Waals surface area contributed by atoms with Gasteiger partial charge in [0.15, 0.2) is 0 Å². The van der Waals surface area contributed by atoms with Crippen LogP contribution in [0.15, 0.2) is 227 Å². The maximum atomic E-state index is 7.37. The summed E-state index contributed by atoms with van der Waals surface area (Å²) in [4.78, 5) is 0. The molecule has 12 aromatic carbocycles. The van der Waals surface area contributed by atoms with E-state index in [4.69, 9.17) is 49.3 Å². The Morgan fingerprint density at radius 2 is 0.737 bits per heavy atom. The zero-order valence-corrected chi connectivity index (χ0v) is 73.6. The predicted molar refractivity (Wildman–Crippen MR) is 476 cm³/mol. The van der Waals surface area contributed by atoms with E-state index in [1.807, 2.05) is 103 Å². The molecule has 2 unspecified atom stereocenters. The molecule has 0 spiro atoms. The Morgan fingerprint density at radius 3 is 1.21 bits per heavy atom. The number of aryl methyl sites for hydroxylation is 12. The van der Waals surface area contributed by atoms with Gasteiger partial charge in [0.25, 0.3) is 16.8 Å². The van der Waals surface area contributed by atoms with Gasteiger partial charge >= 0.3 is 16.8 Å². The first-order valence-corrected chi connectivity index (χ1v) is 43.9. The normalized spacial score (nSPS) is 13.0. The number of para-hydroxylation sites is 3. The molecule has 13 aromatic rings. The van der Waals surface area contributed by atoms with Crippen LogP contribution in [0.25, 0.3) is 55.3 Å². The minimum absolute atomic E-state index is 0.200. The highest BCUT2D eigenvalue weighted by molar-refractivity contribution is 7.47. The van der Waals surface area contributed by atoms with Crippen LogP contribution in [0.4, 0.5) is 0 Å². The van der Waals surface area contributed by atoms with Gasteiger partial charge in [-0.25, -0.2) is 0 Å². The highest BCUT2D eigenvalue weighted by Gasteiger charge is 2.35. The Morgan fingerprint density at radius 1 is 0.342 bits per heavy atom. The van der Waals surface area contributed by atoms with E-state index in [1.165, 1.54) is 38.9 Å². The molecule has 0 bridgehead atoms. The Labute approximate surface area is 679 Å². The van der Waals surface area contributed by atoms with Crippen LogP contribution < -0.4 is 40.9 Å². The third-order valence-corrected chi connectivity index (χ3v) is 24.9. The van der Waals surface area contributed by atoms with Crippen molar-refractivity contribution in [2.24, 2.45) is 0 Å². The van der Waals surface area contributed by atoms with Gasteiger partial charge in [-0.1, -0.05) is 201 Å². The van der Waals surface area contributed by atoms with Gasteiger partial charge in [0.1, 0.15) is 62.9 Å². The summed E-state index contributed by atoms with van der Waals surface area (Å²) < 4.78 is 75.3. The number of ether oxygens (including phenoxy) is 1. The van der Waals surface area contributed by atoms with Crippen LogP contribution in [0, 0.1) is 83.1 Å². The maximum Gasteiger partial charge on any atom is 0.530 e. The van der Waals surface area contributed by atoms with E-state index in [2.05, 4.69) is 261 Å². The monoisotopic (exact) mass is 1590 g/mol. The third-order valence-electron chi connectivity index (χ3n) is 20.1. The lowest BCUT2D eigenvalue weighted by Gasteiger charge is -2.29. The van der Waals surface area contributed by atoms with Crippen LogP contribution in [0.3, 0.4) is 0 Å². The second kappa shape index (κ2) is 34.2. The molecule has 0 amide bonds. The minimum Gasteiger partial charge on any atom is -0.497 e. The Balaban J connectivity index is 0.000000199. The van der Waals surface area contributed by atoms with Crippen LogP contribution in [0.1, 0.15) is 157 Å². The van der Waals surface area contributed by atoms with E-state index in [1.54, 1.807) is 7.11 Å². The smallest absolute Gasteiger partial charge is 0.497 e. The molecule has 14 rings (SSSR count). The van der Waals surface area contributed by atoms with Gasteiger partial charge in [0, 0.05) is 55.3 Å². The van der Waals surface area contributed by atoms with Crippen LogP contribution >= 0.6 is 33.6 Å². The van der Waals surface area contributed by atoms with Gasteiger partial charge in [-0.2, -0.15) is 0 Å². The highest BCUT2D eigenvalue weighted by Crippen LogP contribution is 2.59. The van der Waals surface area contributed by atoms with Gasteiger partial charge in [0.05, 0.1) is 19.4 Å². The van der Waals surface area contributed by atoms with E-state index in [0.717, 1.165) is 134 Å². The molecule has 0 fully saturated rings. The summed E-state index contributed by atoms with van der Waals surface area (Å²) >= 11 is 0. The summed E-state index contributed by atoms with van der Waals surface area (Å²) in [6.07, 6.45) is 1.24. The lowest BCUT2D eigenvalue weighted by atomic mass is 9.83. The fraction of sp³-hybridized carbons (Fsp3) is 0.273. The first kappa shape index (κ1) is 82.0. The molecule has 2 atom stereocenters. The van der Waals surface area contributed by atoms with E-state index >= 15 is 0 Å². The molecule has 0 radical (unpaired) electrons. The van der Waals surface area contributed by atoms with Crippen molar-refractivity contribution in [1.29, 1.82) is 0 Å². The molecule has 0 saturated heterocycles. The van der Waals surface area contributed by atoms with Crippen molar-refractivity contribution in [2.45, 2.75) is 174 Å². The summed E-state index contributed by atoms with van der Waals surface area (Å²) in [6, 6.07) is 74.5. The fourth-order valence-electron chi connectivity index (χ4n) is 14.9. The van der Waals surface area contributed by atoms with Crippen LogP contribution in [-0.4, -0.2) is 7.11 Å². The standard InChI is InChI=1S/C51H56O5P2.C48H50O6P2/c1-32-23-36(5)46(53-57(31-38-19-15-13-16-20-38)52-39-21-17-14-18-22-39)40(25-32)41-26-33(2)24-37(6)47(41)54-58-55-48-42(27-34(3)29-44(48)50(7,8)9)43-28-35(4)30-45(49(43)56-58)51(10,11)12;1-30-21-33(4)43-29-55(52-45-34(5)22-31(2)25-40(45)39(43)24-30)53-47-42(27-38(49-10)28-44(47)48(7,8)9)41-26-32(3)23-35(6)46(41)54-56(50-36-17-13-11-14-18-36)51-37-19-15-12-16-20-37/h13-30H,31H2,1-12H3;11-28H,29H2,1-10H3. The molecule has 1 aliphatic heterocycles. The number of hydrogen-bond donors (Lipinski definition) is 0. The Hall–Kier alpha value is -9.97. The molecule has 0 saturated carbocycles. The summed E-state index contributed by atoms with van der Waals surface area (Å²) in [7, 11) is -5.22. The number of methoxy groups -OCH3 is 1. The van der Waals surface area contributed by atoms with Gasteiger partial charge in [-0.05, 0) is 262 Å². The molecule has 2 heterocycles. The lowest BCUT2D eigenvalue weighted by molar-refractivity contribution is 0.387. The summed E-state index contributed by atoms with van der Waals surface area (Å²) in [5.41, 5.74) is 25.7. The Kier molecular flexibility index (Phi) is 24.6. The van der Waals surface area contributed by atoms with Gasteiger partial charge < -0.3 is 49.3 Å². The molecule has 15 heteroatoms. The van der Waals surface area contributed by atoms with Crippen molar-refractivity contribution in [3.8, 4) is 85.1 Å². The van der Waals surface area contributed by atoms with Crippen LogP contribution in [0.2, 0.25) is 0 Å². The van der Waals surface area contributed by atoms with E-state index in [-0.39, 0.29) is 16.2 Å². The van der Waals surface area contributed by atoms with Crippen molar-refractivity contribution in [3.63, 3.8) is 0 Å². The Bertz CT molecular complexity index is 5500. The van der Waals surface area contributed by atoms with E-state index in [0.29, 0.717) is 41.1 Å². The number of benzene rings is 12. The van der Waals surface area contributed by atoms with Gasteiger partial charge in [-0.3, -0.25) is 0 Å². The second-order valence-electron chi connectivity index (χ2n) is 33.4. The summed E-state index contributed by atoms with van der Waals surface area (Å²) in [6.45, 7) is 45.5. The van der Waals surface area contributed by atoms with Crippen LogP contribution in [-0.2, 0) is 28.6 Å². The van der Waals surface area contributed by atoms with Gasteiger partial charge in [-0.15, -0.1) is 0 Å². The molecule has 11 nitrogen and oxygen atoms in total. The molecule has 114 heavy (non-hydrogen) atoms. The van der Waals surface area contributed by atoms with Gasteiger partial charge in [0.2, 0.25) is 0 Å². The quantitative estimate of drug-likeness (QED) is 0.0722. The predicted octanol–water partition coefficient (Wildman–Crippen LogP) is 30.4. The first-order chi connectivity index (χ1) is 54.2. The topological polar surface area (TPSA) is 109 Å². The number of hydrogen-bond acceptors (Lipinski definition) is 11. The fourth-order valence-corrected chi connectivity index (χ4v) is 20.3. The minimum atomic E-state index is -2.00. The van der Waals surface area contributed by atoms with E-state index in [9.17, 15) is 0 Å². The lowest BCUT2D eigenvalue weighted by Crippen LogP contribution is -2.15. The van der Waals surface area contributed by atoms with Crippen LogP contribution in [0.5, 0.6) is 51.7 Å². The number of fused-ring (bicyclic) bond motifs is 6. The molecule has 588 valence electrons. The van der Waals surface area contributed by atoms with Crippen molar-refractivity contribution in [3.05, 3.63) is 313 Å². The summed E-state index contributed by atoms with van der Waals surface area (Å²) in [5.74, 6) is 6.47. The highest BCUT2D eigenvalue weighted by atomic mass is 31.2. The molecule has 0 N–H and O–H groups in total. The largest absolute Gasteiger partial charge is 0.530 e. The zero-order chi connectivity index (χ0) is 81.2. The van der Waals surface area contributed by atoms with Crippen molar-refractivity contribution in [1.82, 2.24) is 0 Å². The first-order valence-electron chi connectivity index (χ1n) is 38.9.